The quantitative estimate of drug-likeness (QED) is 0.740. The number of hydrogen-bond donors (Lipinski definition) is 0. The lowest BCUT2D eigenvalue weighted by molar-refractivity contribution is 0.758. The molecule has 0 aliphatic heterocycles. The van der Waals surface area contributed by atoms with Gasteiger partial charge in [0.2, 0.25) is 0 Å². The molecular weight excluding hydrogens is 272 g/mol. The first kappa shape index (κ1) is 13.8. The Bertz CT molecular complexity index is 875. The molecule has 1 aromatic heterocycles. The second-order valence-corrected chi connectivity index (χ2v) is 5.04. The molecule has 0 unspecified atom stereocenters. The summed E-state index contributed by atoms with van der Waals surface area (Å²) >= 11 is 0. The van der Waals surface area contributed by atoms with Gasteiger partial charge in [-0.25, -0.2) is 0 Å². The van der Waals surface area contributed by atoms with Crippen LogP contribution in [0.15, 0.2) is 77.7 Å². The van der Waals surface area contributed by atoms with Crippen LogP contribution in [0.25, 0.3) is 11.1 Å². The van der Waals surface area contributed by atoms with E-state index in [1.807, 2.05) is 72.9 Å². The van der Waals surface area contributed by atoms with Gasteiger partial charge in [0.15, 0.2) is 0 Å². The first-order valence-electron chi connectivity index (χ1n) is 7.02. The van der Waals surface area contributed by atoms with E-state index in [4.69, 9.17) is 0 Å². The van der Waals surface area contributed by atoms with Gasteiger partial charge in [-0.15, -0.1) is 0 Å². The molecule has 0 fully saturated rings. The minimum atomic E-state index is -0.258. The summed E-state index contributed by atoms with van der Waals surface area (Å²) in [5.74, 6) is 0. The molecule has 3 heteroatoms. The molecule has 0 saturated carbocycles. The number of nitrogens with zero attached hydrogens (tertiary/aromatic N) is 2. The SMILES string of the molecule is N#Cc1cc(-c2ccccc2)cn(Cc2ccccc2)c1=O. The Morgan fingerprint density at radius 1 is 0.909 bits per heavy atom. The molecule has 0 saturated heterocycles. The lowest BCUT2D eigenvalue weighted by Crippen LogP contribution is -2.22. The number of nitriles is 1. The Labute approximate surface area is 128 Å². The monoisotopic (exact) mass is 286 g/mol. The molecule has 0 N–H and O–H groups in total. The van der Waals surface area contributed by atoms with Crippen LogP contribution >= 0.6 is 0 Å². The van der Waals surface area contributed by atoms with Crippen LogP contribution in [-0.2, 0) is 6.54 Å². The molecule has 106 valence electrons. The van der Waals surface area contributed by atoms with Crippen molar-refractivity contribution in [2.45, 2.75) is 6.54 Å². The second kappa shape index (κ2) is 6.11. The Balaban J connectivity index is 2.10. The molecule has 3 rings (SSSR count). The van der Waals surface area contributed by atoms with Crippen LogP contribution in [0.5, 0.6) is 0 Å². The Kier molecular flexibility index (Phi) is 3.84. The third-order valence-corrected chi connectivity index (χ3v) is 3.51. The van der Waals surface area contributed by atoms with Gasteiger partial charge in [-0.1, -0.05) is 60.7 Å². The van der Waals surface area contributed by atoms with E-state index in [1.54, 1.807) is 10.6 Å². The van der Waals surface area contributed by atoms with Crippen LogP contribution < -0.4 is 5.56 Å². The largest absolute Gasteiger partial charge is 0.309 e. The van der Waals surface area contributed by atoms with Gasteiger partial charge in [-0.2, -0.15) is 5.26 Å². The van der Waals surface area contributed by atoms with Gasteiger partial charge in [-0.3, -0.25) is 4.79 Å². The minimum Gasteiger partial charge on any atom is -0.309 e. The number of rotatable bonds is 3. The predicted molar refractivity (Wildman–Crippen MR) is 86.4 cm³/mol. The first-order valence-corrected chi connectivity index (χ1v) is 7.02. The standard InChI is InChI=1S/C19H14N2O/c20-12-17-11-18(16-9-5-2-6-10-16)14-21(19(17)22)13-15-7-3-1-4-8-15/h1-11,14H,13H2. The second-order valence-electron chi connectivity index (χ2n) is 5.04. The molecule has 0 bridgehead atoms. The van der Waals surface area contributed by atoms with Crippen molar-refractivity contribution in [2.24, 2.45) is 0 Å². The summed E-state index contributed by atoms with van der Waals surface area (Å²) < 4.78 is 1.59. The van der Waals surface area contributed by atoms with E-state index in [-0.39, 0.29) is 11.1 Å². The molecule has 2 aromatic carbocycles. The van der Waals surface area contributed by atoms with E-state index in [1.165, 1.54) is 0 Å². The van der Waals surface area contributed by atoms with Gasteiger partial charge in [0.1, 0.15) is 11.6 Å². The fraction of sp³-hybridized carbons (Fsp3) is 0.0526. The van der Waals surface area contributed by atoms with Crippen LogP contribution in [0.3, 0.4) is 0 Å². The summed E-state index contributed by atoms with van der Waals surface area (Å²) in [5, 5.41) is 9.22. The van der Waals surface area contributed by atoms with E-state index in [2.05, 4.69) is 0 Å². The van der Waals surface area contributed by atoms with Crippen LogP contribution in [0.4, 0.5) is 0 Å². The van der Waals surface area contributed by atoms with Crippen LogP contribution in [0, 0.1) is 11.3 Å². The molecule has 1 heterocycles. The van der Waals surface area contributed by atoms with Crippen molar-refractivity contribution >= 4 is 0 Å². The maximum atomic E-state index is 12.3. The Morgan fingerprint density at radius 3 is 2.18 bits per heavy atom. The lowest BCUT2D eigenvalue weighted by atomic mass is 10.1. The van der Waals surface area contributed by atoms with E-state index >= 15 is 0 Å². The van der Waals surface area contributed by atoms with Gasteiger partial charge in [0, 0.05) is 6.20 Å². The zero-order chi connectivity index (χ0) is 15.4. The molecule has 3 nitrogen and oxygen atoms in total. The third kappa shape index (κ3) is 2.82. The maximum Gasteiger partial charge on any atom is 0.268 e. The van der Waals surface area contributed by atoms with Crippen LogP contribution in [0.2, 0.25) is 0 Å². The predicted octanol–water partition coefficient (Wildman–Crippen LogP) is 3.44. The highest BCUT2D eigenvalue weighted by Gasteiger charge is 2.08. The normalized spacial score (nSPS) is 10.1. The van der Waals surface area contributed by atoms with Crippen molar-refractivity contribution in [3.63, 3.8) is 0 Å². The van der Waals surface area contributed by atoms with Crippen LogP contribution in [0.1, 0.15) is 11.1 Å². The van der Waals surface area contributed by atoms with E-state index < -0.39 is 0 Å². The molecule has 0 radical (unpaired) electrons. The average Bonchev–Trinajstić information content (AvgIpc) is 2.58. The molecule has 0 aliphatic carbocycles. The third-order valence-electron chi connectivity index (χ3n) is 3.51. The molecule has 0 aliphatic rings. The Morgan fingerprint density at radius 2 is 1.55 bits per heavy atom. The average molecular weight is 286 g/mol. The molecule has 0 spiro atoms. The van der Waals surface area contributed by atoms with Gasteiger partial charge in [0.05, 0.1) is 6.54 Å². The van der Waals surface area contributed by atoms with Gasteiger partial charge < -0.3 is 4.57 Å². The van der Waals surface area contributed by atoms with Crippen molar-refractivity contribution < 1.29 is 0 Å². The molecule has 3 aromatic rings. The van der Waals surface area contributed by atoms with Gasteiger partial charge >= 0.3 is 0 Å². The van der Waals surface area contributed by atoms with E-state index in [9.17, 15) is 10.1 Å². The smallest absolute Gasteiger partial charge is 0.268 e. The summed E-state index contributed by atoms with van der Waals surface area (Å²) in [4.78, 5) is 12.3. The fourth-order valence-corrected chi connectivity index (χ4v) is 2.40. The zero-order valence-corrected chi connectivity index (χ0v) is 11.9. The molecule has 0 amide bonds. The summed E-state index contributed by atoms with van der Waals surface area (Å²) in [6, 6.07) is 23.1. The number of pyridine rings is 1. The highest BCUT2D eigenvalue weighted by Crippen LogP contribution is 2.18. The Hall–Kier alpha value is -3.12. The first-order chi connectivity index (χ1) is 10.8. The number of aromatic nitrogens is 1. The van der Waals surface area contributed by atoms with Crippen LogP contribution in [-0.4, -0.2) is 4.57 Å². The number of benzene rings is 2. The highest BCUT2D eigenvalue weighted by molar-refractivity contribution is 5.63. The topological polar surface area (TPSA) is 45.8 Å². The molecule has 0 atom stereocenters. The van der Waals surface area contributed by atoms with Crippen molar-refractivity contribution in [3.8, 4) is 17.2 Å². The van der Waals surface area contributed by atoms with E-state index in [0.29, 0.717) is 6.54 Å². The van der Waals surface area contributed by atoms with Crippen molar-refractivity contribution in [1.29, 1.82) is 5.26 Å². The fourth-order valence-electron chi connectivity index (χ4n) is 2.40. The summed E-state index contributed by atoms with van der Waals surface area (Å²) in [6.45, 7) is 0.453. The lowest BCUT2D eigenvalue weighted by Gasteiger charge is -2.10. The van der Waals surface area contributed by atoms with Gasteiger partial charge in [0.25, 0.3) is 5.56 Å². The minimum absolute atomic E-state index is 0.164. The molecular formula is C19H14N2O. The summed E-state index contributed by atoms with van der Waals surface area (Å²) in [7, 11) is 0. The highest BCUT2D eigenvalue weighted by atomic mass is 16.1. The summed E-state index contributed by atoms with van der Waals surface area (Å²) in [5.41, 5.74) is 2.79. The zero-order valence-electron chi connectivity index (χ0n) is 11.9. The maximum absolute atomic E-state index is 12.3. The number of hydrogen-bond acceptors (Lipinski definition) is 2. The van der Waals surface area contributed by atoms with E-state index in [0.717, 1.165) is 16.7 Å². The summed E-state index contributed by atoms with van der Waals surface area (Å²) in [6.07, 6.45) is 1.81. The van der Waals surface area contributed by atoms with Crippen molar-refractivity contribution in [2.75, 3.05) is 0 Å². The molecule has 22 heavy (non-hydrogen) atoms. The van der Waals surface area contributed by atoms with Gasteiger partial charge in [-0.05, 0) is 22.8 Å². The van der Waals surface area contributed by atoms with Crippen molar-refractivity contribution in [3.05, 3.63) is 94.4 Å². The van der Waals surface area contributed by atoms with Crippen molar-refractivity contribution in [1.82, 2.24) is 4.57 Å².